The number of rotatable bonds is 4. The van der Waals surface area contributed by atoms with E-state index >= 15 is 0 Å². The van der Waals surface area contributed by atoms with Crippen molar-refractivity contribution in [3.8, 4) is 5.88 Å². The minimum absolute atomic E-state index is 0.184. The van der Waals surface area contributed by atoms with Crippen LogP contribution < -0.4 is 4.74 Å². The second kappa shape index (κ2) is 5.42. The molecule has 0 bridgehead atoms. The van der Waals surface area contributed by atoms with Gasteiger partial charge in [-0.05, 0) is 24.4 Å². The monoisotopic (exact) mass is 272 g/mol. The van der Waals surface area contributed by atoms with Crippen LogP contribution in [0.3, 0.4) is 0 Å². The van der Waals surface area contributed by atoms with Gasteiger partial charge < -0.3 is 4.74 Å². The molecule has 0 N–H and O–H groups in total. The van der Waals surface area contributed by atoms with Gasteiger partial charge >= 0.3 is 0 Å². The lowest BCUT2D eigenvalue weighted by molar-refractivity contribution is 0.290. The maximum atomic E-state index is 12.7. The summed E-state index contributed by atoms with van der Waals surface area (Å²) in [5, 5.41) is 4.42. The third kappa shape index (κ3) is 2.92. The van der Waals surface area contributed by atoms with E-state index in [1.54, 1.807) is 30.5 Å². The lowest BCUT2D eigenvalue weighted by Crippen LogP contribution is -2.01. The van der Waals surface area contributed by atoms with Crippen LogP contribution in [0.4, 0.5) is 4.39 Å². The molecule has 0 atom stereocenters. The quantitative estimate of drug-likeness (QED) is 0.865. The predicted molar refractivity (Wildman–Crippen MR) is 67.2 cm³/mol. The number of hydrogen-bond acceptors (Lipinski definition) is 3. The molecule has 0 unspecified atom stereocenters. The van der Waals surface area contributed by atoms with Gasteiger partial charge in [-0.3, -0.25) is 0 Å². The van der Waals surface area contributed by atoms with Crippen LogP contribution in [0.1, 0.15) is 11.1 Å². The molecule has 3 nitrogen and oxygen atoms in total. The molecule has 0 aliphatic rings. The SMILES string of the molecule is FCc1cccc(Cl)c1COc1ccn(S)n1. The molecular formula is C11H10ClFN2OS. The van der Waals surface area contributed by atoms with Crippen molar-refractivity contribution >= 4 is 24.4 Å². The first kappa shape index (κ1) is 12.3. The molecule has 0 saturated heterocycles. The van der Waals surface area contributed by atoms with Gasteiger partial charge in [0.2, 0.25) is 5.88 Å². The van der Waals surface area contributed by atoms with E-state index in [0.29, 0.717) is 22.0 Å². The zero-order valence-electron chi connectivity index (χ0n) is 8.81. The van der Waals surface area contributed by atoms with E-state index in [0.717, 1.165) is 0 Å². The van der Waals surface area contributed by atoms with Gasteiger partial charge in [0.25, 0.3) is 0 Å². The van der Waals surface area contributed by atoms with Crippen LogP contribution in [0.5, 0.6) is 5.88 Å². The molecule has 0 fully saturated rings. The third-order valence-corrected chi connectivity index (χ3v) is 2.85. The Morgan fingerprint density at radius 3 is 2.88 bits per heavy atom. The maximum Gasteiger partial charge on any atom is 0.234 e. The second-order valence-electron chi connectivity index (χ2n) is 3.37. The molecule has 2 aromatic rings. The fourth-order valence-electron chi connectivity index (χ4n) is 1.41. The average Bonchev–Trinajstić information content (AvgIpc) is 2.73. The molecule has 17 heavy (non-hydrogen) atoms. The number of aromatic nitrogens is 2. The Morgan fingerprint density at radius 1 is 1.41 bits per heavy atom. The lowest BCUT2D eigenvalue weighted by Gasteiger charge is -2.09. The van der Waals surface area contributed by atoms with Crippen LogP contribution in [0, 0.1) is 0 Å². The van der Waals surface area contributed by atoms with Crippen molar-refractivity contribution in [3.63, 3.8) is 0 Å². The van der Waals surface area contributed by atoms with E-state index in [4.69, 9.17) is 16.3 Å². The molecule has 1 aromatic carbocycles. The molecule has 0 radical (unpaired) electrons. The Bertz CT molecular complexity index is 518. The number of nitrogens with zero attached hydrogens (tertiary/aromatic N) is 2. The molecule has 1 heterocycles. The Hall–Kier alpha value is -1.20. The van der Waals surface area contributed by atoms with E-state index in [9.17, 15) is 4.39 Å². The fourth-order valence-corrected chi connectivity index (χ4v) is 1.81. The van der Waals surface area contributed by atoms with E-state index in [1.807, 2.05) is 0 Å². The van der Waals surface area contributed by atoms with Crippen molar-refractivity contribution in [2.24, 2.45) is 0 Å². The lowest BCUT2D eigenvalue weighted by atomic mass is 10.1. The van der Waals surface area contributed by atoms with Crippen molar-refractivity contribution in [3.05, 3.63) is 46.6 Å². The molecular weight excluding hydrogens is 263 g/mol. The van der Waals surface area contributed by atoms with Crippen LogP contribution in [-0.2, 0) is 13.3 Å². The number of thiol groups is 1. The summed E-state index contributed by atoms with van der Waals surface area (Å²) >= 11 is 9.98. The molecule has 90 valence electrons. The summed E-state index contributed by atoms with van der Waals surface area (Å²) in [6.07, 6.45) is 1.64. The van der Waals surface area contributed by atoms with Crippen LogP contribution in [0.2, 0.25) is 5.02 Å². The first-order chi connectivity index (χ1) is 8.20. The smallest absolute Gasteiger partial charge is 0.234 e. The van der Waals surface area contributed by atoms with E-state index in [2.05, 4.69) is 17.9 Å². The number of benzene rings is 1. The summed E-state index contributed by atoms with van der Waals surface area (Å²) in [6, 6.07) is 6.76. The van der Waals surface area contributed by atoms with Crippen molar-refractivity contribution in [1.82, 2.24) is 9.19 Å². The fraction of sp³-hybridized carbons (Fsp3) is 0.182. The first-order valence-corrected chi connectivity index (χ1v) is 5.68. The van der Waals surface area contributed by atoms with Gasteiger partial charge in [-0.15, -0.1) is 5.10 Å². The van der Waals surface area contributed by atoms with Gasteiger partial charge in [0, 0.05) is 22.8 Å². The van der Waals surface area contributed by atoms with Crippen LogP contribution >= 0.6 is 24.4 Å². The second-order valence-corrected chi connectivity index (χ2v) is 4.19. The minimum atomic E-state index is -0.569. The Morgan fingerprint density at radius 2 is 2.24 bits per heavy atom. The number of alkyl halides is 1. The number of halogens is 2. The first-order valence-electron chi connectivity index (χ1n) is 4.90. The summed E-state index contributed by atoms with van der Waals surface area (Å²) in [5.74, 6) is 0.421. The van der Waals surface area contributed by atoms with Gasteiger partial charge in [-0.2, -0.15) is 0 Å². The van der Waals surface area contributed by atoms with Crippen molar-refractivity contribution < 1.29 is 9.13 Å². The van der Waals surface area contributed by atoms with Crippen LogP contribution in [0.15, 0.2) is 30.5 Å². The highest BCUT2D eigenvalue weighted by Gasteiger charge is 2.08. The Labute approximate surface area is 109 Å². The summed E-state index contributed by atoms with van der Waals surface area (Å²) in [7, 11) is 0. The molecule has 0 saturated carbocycles. The maximum absolute atomic E-state index is 12.7. The van der Waals surface area contributed by atoms with Crippen LogP contribution in [0.25, 0.3) is 0 Å². The van der Waals surface area contributed by atoms with Gasteiger partial charge in [0.15, 0.2) is 0 Å². The van der Waals surface area contributed by atoms with Gasteiger partial charge in [0.1, 0.15) is 13.3 Å². The number of ether oxygens (including phenoxy) is 1. The van der Waals surface area contributed by atoms with Gasteiger partial charge in [0.05, 0.1) is 0 Å². The van der Waals surface area contributed by atoms with Crippen molar-refractivity contribution in [1.29, 1.82) is 0 Å². The largest absolute Gasteiger partial charge is 0.472 e. The third-order valence-electron chi connectivity index (χ3n) is 2.28. The highest BCUT2D eigenvalue weighted by molar-refractivity contribution is 7.78. The summed E-state index contributed by atoms with van der Waals surface area (Å²) in [5.41, 5.74) is 1.17. The number of hydrogen-bond donors (Lipinski definition) is 1. The zero-order valence-corrected chi connectivity index (χ0v) is 10.5. The minimum Gasteiger partial charge on any atom is -0.472 e. The summed E-state index contributed by atoms with van der Waals surface area (Å²) < 4.78 is 19.5. The normalized spacial score (nSPS) is 10.5. The molecule has 0 aliphatic carbocycles. The van der Waals surface area contributed by atoms with E-state index in [1.165, 1.54) is 4.09 Å². The highest BCUT2D eigenvalue weighted by atomic mass is 35.5. The van der Waals surface area contributed by atoms with E-state index < -0.39 is 6.67 Å². The molecule has 1 aromatic heterocycles. The standard InChI is InChI=1S/C11H10ClFN2OS/c12-10-3-1-2-8(6-13)9(10)7-16-11-4-5-15(17)14-11/h1-5,17H,6-7H2. The molecule has 0 aliphatic heterocycles. The van der Waals surface area contributed by atoms with Gasteiger partial charge in [-0.1, -0.05) is 23.7 Å². The molecule has 2 rings (SSSR count). The summed E-state index contributed by atoms with van der Waals surface area (Å²) in [4.78, 5) is 0. The van der Waals surface area contributed by atoms with Crippen molar-refractivity contribution in [2.45, 2.75) is 13.3 Å². The summed E-state index contributed by atoms with van der Waals surface area (Å²) in [6.45, 7) is -0.385. The predicted octanol–water partition coefficient (Wildman–Crippen LogP) is 3.28. The Kier molecular flexibility index (Phi) is 3.91. The van der Waals surface area contributed by atoms with Crippen molar-refractivity contribution in [2.75, 3.05) is 0 Å². The Balaban J connectivity index is 2.13. The molecule has 6 heteroatoms. The highest BCUT2D eigenvalue weighted by Crippen LogP contribution is 2.22. The topological polar surface area (TPSA) is 27.1 Å². The van der Waals surface area contributed by atoms with Gasteiger partial charge in [-0.25, -0.2) is 8.48 Å². The molecule has 0 amide bonds. The molecule has 0 spiro atoms. The van der Waals surface area contributed by atoms with E-state index in [-0.39, 0.29) is 6.61 Å². The average molecular weight is 273 g/mol. The zero-order chi connectivity index (χ0) is 12.3. The van der Waals surface area contributed by atoms with Crippen LogP contribution in [-0.4, -0.2) is 9.19 Å².